The zero-order valence-corrected chi connectivity index (χ0v) is 14.7. The Morgan fingerprint density at radius 1 is 1.16 bits per heavy atom. The van der Waals surface area contributed by atoms with Crippen LogP contribution in [0.1, 0.15) is 40.3 Å². The molecule has 4 nitrogen and oxygen atoms in total. The molecule has 0 amide bonds. The molecule has 1 atom stereocenters. The van der Waals surface area contributed by atoms with Crippen LogP contribution in [0.5, 0.6) is 0 Å². The molecule has 4 heteroatoms. The van der Waals surface area contributed by atoms with Crippen LogP contribution in [0.25, 0.3) is 11.0 Å². The fourth-order valence-electron chi connectivity index (χ4n) is 3.06. The molecule has 3 aromatic rings. The summed E-state index contributed by atoms with van der Waals surface area (Å²) in [6.07, 6.45) is 0.658. The van der Waals surface area contributed by atoms with Crippen molar-refractivity contribution in [3.63, 3.8) is 0 Å². The molecule has 0 spiro atoms. The predicted molar refractivity (Wildman–Crippen MR) is 96.8 cm³/mol. The summed E-state index contributed by atoms with van der Waals surface area (Å²) in [6, 6.07) is 16.0. The van der Waals surface area contributed by atoms with E-state index in [2.05, 4.69) is 12.1 Å². The average Bonchev–Trinajstić information content (AvgIpc) is 2.95. The number of rotatable bonds is 6. The van der Waals surface area contributed by atoms with Gasteiger partial charge in [-0.25, -0.2) is 4.79 Å². The Morgan fingerprint density at radius 3 is 2.60 bits per heavy atom. The number of esters is 1. The average molecular weight is 338 g/mol. The third-order valence-corrected chi connectivity index (χ3v) is 4.29. The Labute approximate surface area is 147 Å². The summed E-state index contributed by atoms with van der Waals surface area (Å²) in [6.45, 7) is 3.91. The van der Waals surface area contributed by atoms with E-state index in [1.165, 1.54) is 5.56 Å². The Hall–Kier alpha value is -2.59. The van der Waals surface area contributed by atoms with Crippen LogP contribution in [0.15, 0.2) is 52.9 Å². The highest BCUT2D eigenvalue weighted by Crippen LogP contribution is 2.31. The van der Waals surface area contributed by atoms with Gasteiger partial charge in [0, 0.05) is 18.9 Å². The van der Waals surface area contributed by atoms with Crippen LogP contribution < -0.4 is 0 Å². The molecule has 0 radical (unpaired) electrons. The van der Waals surface area contributed by atoms with Crippen molar-refractivity contribution >= 4 is 16.9 Å². The second-order valence-electron chi connectivity index (χ2n) is 5.92. The summed E-state index contributed by atoms with van der Waals surface area (Å²) in [7, 11) is 1.70. The van der Waals surface area contributed by atoms with Crippen molar-refractivity contribution in [3.05, 3.63) is 71.0 Å². The van der Waals surface area contributed by atoms with Crippen LogP contribution in [0.4, 0.5) is 0 Å². The first-order chi connectivity index (χ1) is 12.1. The van der Waals surface area contributed by atoms with Gasteiger partial charge in [-0.3, -0.25) is 0 Å². The minimum absolute atomic E-state index is 0.1000. The third-order valence-electron chi connectivity index (χ3n) is 4.29. The van der Waals surface area contributed by atoms with E-state index >= 15 is 0 Å². The summed E-state index contributed by atoms with van der Waals surface area (Å²) < 4.78 is 16.6. The molecule has 1 heterocycles. The van der Waals surface area contributed by atoms with Gasteiger partial charge in [-0.15, -0.1) is 0 Å². The maximum absolute atomic E-state index is 12.3. The number of carbonyl (C=O) groups is 1. The highest BCUT2D eigenvalue weighted by Gasteiger charge is 2.21. The van der Waals surface area contributed by atoms with E-state index in [4.69, 9.17) is 13.9 Å². The molecule has 0 bridgehead atoms. The van der Waals surface area contributed by atoms with Gasteiger partial charge in [-0.1, -0.05) is 36.4 Å². The first-order valence-corrected chi connectivity index (χ1v) is 8.41. The predicted octanol–water partition coefficient (Wildman–Crippen LogP) is 4.85. The Morgan fingerprint density at radius 2 is 1.92 bits per heavy atom. The van der Waals surface area contributed by atoms with Crippen LogP contribution in [-0.4, -0.2) is 19.7 Å². The zero-order chi connectivity index (χ0) is 17.8. The van der Waals surface area contributed by atoms with Gasteiger partial charge in [0.2, 0.25) is 0 Å². The molecule has 3 rings (SSSR count). The Bertz CT molecular complexity index is 864. The van der Waals surface area contributed by atoms with Gasteiger partial charge in [-0.05, 0) is 37.1 Å². The van der Waals surface area contributed by atoms with Gasteiger partial charge in [0.25, 0.3) is 0 Å². The molecular formula is C21H22O4. The second kappa shape index (κ2) is 7.53. The summed E-state index contributed by atoms with van der Waals surface area (Å²) in [5.74, 6) is 0.218. The molecule has 2 aromatic carbocycles. The molecule has 0 aliphatic carbocycles. The minimum Gasteiger partial charge on any atom is -0.462 e. The van der Waals surface area contributed by atoms with Crippen molar-refractivity contribution in [2.24, 2.45) is 0 Å². The van der Waals surface area contributed by atoms with Crippen molar-refractivity contribution < 1.29 is 18.7 Å². The lowest BCUT2D eigenvalue weighted by atomic mass is 9.99. The summed E-state index contributed by atoms with van der Waals surface area (Å²) in [5.41, 5.74) is 3.38. The van der Waals surface area contributed by atoms with Crippen molar-refractivity contribution in [2.75, 3.05) is 13.7 Å². The Balaban J connectivity index is 1.98. The van der Waals surface area contributed by atoms with Crippen LogP contribution in [0.3, 0.4) is 0 Å². The molecule has 0 saturated carbocycles. The smallest absolute Gasteiger partial charge is 0.342 e. The van der Waals surface area contributed by atoms with E-state index in [0.29, 0.717) is 23.5 Å². The van der Waals surface area contributed by atoms with Gasteiger partial charge in [-0.2, -0.15) is 0 Å². The van der Waals surface area contributed by atoms with E-state index < -0.39 is 0 Å². The number of furan rings is 1. The molecule has 0 saturated heterocycles. The maximum Gasteiger partial charge on any atom is 0.342 e. The molecule has 25 heavy (non-hydrogen) atoms. The van der Waals surface area contributed by atoms with E-state index in [0.717, 1.165) is 17.4 Å². The van der Waals surface area contributed by atoms with Gasteiger partial charge < -0.3 is 13.9 Å². The summed E-state index contributed by atoms with van der Waals surface area (Å²) in [5, 5.41) is 0.767. The second-order valence-corrected chi connectivity index (χ2v) is 5.92. The number of methoxy groups -OCH3 is 1. The van der Waals surface area contributed by atoms with Gasteiger partial charge in [0.15, 0.2) is 0 Å². The number of carbonyl (C=O) groups excluding carboxylic acids is 1. The summed E-state index contributed by atoms with van der Waals surface area (Å²) in [4.78, 5) is 12.3. The van der Waals surface area contributed by atoms with Crippen LogP contribution in [-0.2, 0) is 15.9 Å². The number of aryl methyl sites for hydroxylation is 1. The number of hydrogen-bond acceptors (Lipinski definition) is 4. The third kappa shape index (κ3) is 3.59. The first-order valence-electron chi connectivity index (χ1n) is 8.41. The van der Waals surface area contributed by atoms with E-state index in [9.17, 15) is 4.79 Å². The maximum atomic E-state index is 12.3. The van der Waals surface area contributed by atoms with Crippen molar-refractivity contribution in [3.8, 4) is 0 Å². The van der Waals surface area contributed by atoms with E-state index in [1.807, 2.05) is 36.4 Å². The lowest BCUT2D eigenvalue weighted by Gasteiger charge is -2.16. The van der Waals surface area contributed by atoms with Crippen molar-refractivity contribution in [1.82, 2.24) is 0 Å². The quantitative estimate of drug-likeness (QED) is 0.603. The summed E-state index contributed by atoms with van der Waals surface area (Å²) >= 11 is 0. The Kier molecular flexibility index (Phi) is 5.19. The van der Waals surface area contributed by atoms with Crippen LogP contribution in [0, 0.1) is 6.92 Å². The zero-order valence-electron chi connectivity index (χ0n) is 14.7. The van der Waals surface area contributed by atoms with Crippen LogP contribution in [0.2, 0.25) is 0 Å². The van der Waals surface area contributed by atoms with Crippen molar-refractivity contribution in [2.45, 2.75) is 26.4 Å². The van der Waals surface area contributed by atoms with Gasteiger partial charge in [0.1, 0.15) is 16.9 Å². The fourth-order valence-corrected chi connectivity index (χ4v) is 3.06. The minimum atomic E-state index is -0.354. The van der Waals surface area contributed by atoms with Crippen molar-refractivity contribution in [1.29, 1.82) is 0 Å². The molecule has 130 valence electrons. The molecule has 1 aromatic heterocycles. The lowest BCUT2D eigenvalue weighted by molar-refractivity contribution is 0.0526. The molecule has 0 aliphatic rings. The first kappa shape index (κ1) is 17.2. The molecular weight excluding hydrogens is 316 g/mol. The number of benzene rings is 2. The molecule has 0 fully saturated rings. The van der Waals surface area contributed by atoms with Crippen LogP contribution >= 0.6 is 0 Å². The van der Waals surface area contributed by atoms with E-state index in [1.54, 1.807) is 21.0 Å². The van der Waals surface area contributed by atoms with Gasteiger partial charge in [0.05, 0.1) is 12.7 Å². The molecule has 0 aliphatic heterocycles. The van der Waals surface area contributed by atoms with Gasteiger partial charge >= 0.3 is 5.97 Å². The highest BCUT2D eigenvalue weighted by atomic mass is 16.5. The number of hydrogen-bond donors (Lipinski definition) is 0. The molecule has 1 unspecified atom stereocenters. The standard InChI is InChI=1S/C21H22O4/c1-4-24-21(22)20-14(2)25-18-11-10-16(13-17(18)20)19(23-3)12-15-8-6-5-7-9-15/h5-11,13,19H,4,12H2,1-3H3. The topological polar surface area (TPSA) is 48.7 Å². The normalized spacial score (nSPS) is 12.3. The van der Waals surface area contributed by atoms with E-state index in [-0.39, 0.29) is 12.1 Å². The highest BCUT2D eigenvalue weighted by molar-refractivity contribution is 6.04. The number of fused-ring (bicyclic) bond motifs is 1. The molecule has 0 N–H and O–H groups in total. The number of ether oxygens (including phenoxy) is 2. The monoisotopic (exact) mass is 338 g/mol. The largest absolute Gasteiger partial charge is 0.462 e. The SMILES string of the molecule is CCOC(=O)c1c(C)oc2ccc(C(Cc3ccccc3)OC)cc12. The fraction of sp³-hybridized carbons (Fsp3) is 0.286. The lowest BCUT2D eigenvalue weighted by Crippen LogP contribution is -2.07.